The van der Waals surface area contributed by atoms with Crippen molar-refractivity contribution in [3.8, 4) is 5.88 Å². The fourth-order valence-electron chi connectivity index (χ4n) is 1.54. The Morgan fingerprint density at radius 2 is 2.10 bits per heavy atom. The summed E-state index contributed by atoms with van der Waals surface area (Å²) < 4.78 is 11.0. The van der Waals surface area contributed by atoms with Crippen molar-refractivity contribution < 1.29 is 9.47 Å². The molecule has 0 aliphatic rings. The predicted molar refractivity (Wildman–Crippen MR) is 82.4 cm³/mol. The molecule has 1 heterocycles. The minimum Gasteiger partial charge on any atom is -0.472 e. The number of aromatic nitrogens is 1. The van der Waals surface area contributed by atoms with Crippen LogP contribution in [0.3, 0.4) is 0 Å². The number of nitrogens with zero attached hydrogens (tertiary/aromatic N) is 1. The van der Waals surface area contributed by atoms with Crippen molar-refractivity contribution in [1.82, 2.24) is 10.3 Å². The Labute approximate surface area is 126 Å². The van der Waals surface area contributed by atoms with E-state index in [2.05, 4.69) is 31.1 Å². The van der Waals surface area contributed by atoms with E-state index in [1.165, 1.54) is 0 Å². The van der Waals surface area contributed by atoms with E-state index in [0.717, 1.165) is 5.56 Å². The van der Waals surface area contributed by atoms with Gasteiger partial charge in [0.1, 0.15) is 6.10 Å². The lowest BCUT2D eigenvalue weighted by molar-refractivity contribution is 0.0633. The van der Waals surface area contributed by atoms with Crippen molar-refractivity contribution in [1.29, 1.82) is 0 Å². The number of ether oxygens (including phenoxy) is 2. The first-order valence-electron chi connectivity index (χ1n) is 6.95. The van der Waals surface area contributed by atoms with Gasteiger partial charge in [-0.2, -0.15) is 0 Å². The van der Waals surface area contributed by atoms with Crippen molar-refractivity contribution >= 4 is 11.6 Å². The van der Waals surface area contributed by atoms with E-state index in [4.69, 9.17) is 21.1 Å². The van der Waals surface area contributed by atoms with Crippen molar-refractivity contribution in [3.63, 3.8) is 0 Å². The van der Waals surface area contributed by atoms with Gasteiger partial charge in [-0.25, -0.2) is 4.98 Å². The van der Waals surface area contributed by atoms with Gasteiger partial charge >= 0.3 is 0 Å². The minimum absolute atomic E-state index is 0.0351. The third-order valence-electron chi connectivity index (χ3n) is 2.60. The van der Waals surface area contributed by atoms with E-state index in [1.807, 2.05) is 19.9 Å². The molecule has 1 N–H and O–H groups in total. The molecule has 1 atom stereocenters. The van der Waals surface area contributed by atoms with Crippen LogP contribution in [0.5, 0.6) is 5.88 Å². The molecule has 1 aromatic rings. The quantitative estimate of drug-likeness (QED) is 0.838. The molecule has 1 rings (SSSR count). The smallest absolute Gasteiger partial charge is 0.213 e. The van der Waals surface area contributed by atoms with Gasteiger partial charge in [-0.1, -0.05) is 11.6 Å². The number of pyridine rings is 1. The number of hydrogen-bond donors (Lipinski definition) is 1. The predicted octanol–water partition coefficient (Wildman–Crippen LogP) is 3.43. The molecule has 0 bridgehead atoms. The van der Waals surface area contributed by atoms with Gasteiger partial charge in [0.05, 0.1) is 11.6 Å². The summed E-state index contributed by atoms with van der Waals surface area (Å²) in [5.41, 5.74) is 1.02. The van der Waals surface area contributed by atoms with E-state index in [1.54, 1.807) is 6.20 Å². The summed E-state index contributed by atoms with van der Waals surface area (Å²) in [5.74, 6) is 0.576. The van der Waals surface area contributed by atoms with Crippen LogP contribution >= 0.6 is 11.6 Å². The molecular weight excluding hydrogens is 276 g/mol. The number of nitrogens with one attached hydrogen (secondary N) is 1. The summed E-state index contributed by atoms with van der Waals surface area (Å²) in [6.07, 6.45) is 1.59. The highest BCUT2D eigenvalue weighted by Gasteiger charge is 2.12. The van der Waals surface area contributed by atoms with Crippen LogP contribution in [0, 0.1) is 0 Å². The highest BCUT2D eigenvalue weighted by molar-refractivity contribution is 6.31. The fraction of sp³-hybridized carbons (Fsp3) is 0.667. The van der Waals surface area contributed by atoms with Crippen molar-refractivity contribution in [3.05, 3.63) is 22.8 Å². The van der Waals surface area contributed by atoms with Crippen LogP contribution in [-0.2, 0) is 11.3 Å². The molecule has 0 fully saturated rings. The summed E-state index contributed by atoms with van der Waals surface area (Å²) in [4.78, 5) is 4.19. The van der Waals surface area contributed by atoms with Crippen LogP contribution in [0.1, 0.15) is 40.2 Å². The molecule has 1 aromatic heterocycles. The fourth-order valence-corrected chi connectivity index (χ4v) is 1.71. The Morgan fingerprint density at radius 3 is 2.70 bits per heavy atom. The second-order valence-corrected chi connectivity index (χ2v) is 6.21. The Bertz CT molecular complexity index is 419. The standard InChI is InChI=1S/C15H25ClN2O2/c1-6-19-10-11(2)20-14-7-12(13(16)9-17-14)8-18-15(3,4)5/h7,9,11,18H,6,8,10H2,1-5H3. The zero-order chi connectivity index (χ0) is 15.2. The average Bonchev–Trinajstić information content (AvgIpc) is 2.36. The molecule has 1 unspecified atom stereocenters. The maximum atomic E-state index is 6.16. The van der Waals surface area contributed by atoms with Crippen molar-refractivity contribution in [2.45, 2.75) is 52.8 Å². The first-order valence-corrected chi connectivity index (χ1v) is 7.33. The summed E-state index contributed by atoms with van der Waals surface area (Å²) in [6.45, 7) is 12.2. The molecule has 0 aliphatic carbocycles. The summed E-state index contributed by atoms with van der Waals surface area (Å²) in [5, 5.41) is 4.05. The van der Waals surface area contributed by atoms with Gasteiger partial charge in [0.25, 0.3) is 0 Å². The molecule has 4 nitrogen and oxygen atoms in total. The molecule has 0 spiro atoms. The third-order valence-corrected chi connectivity index (χ3v) is 2.94. The molecule has 0 saturated heterocycles. The van der Waals surface area contributed by atoms with Gasteiger partial charge in [0.15, 0.2) is 0 Å². The molecule has 0 aromatic carbocycles. The van der Waals surface area contributed by atoms with Crippen LogP contribution in [0.4, 0.5) is 0 Å². The molecule has 0 saturated carbocycles. The SMILES string of the molecule is CCOCC(C)Oc1cc(CNC(C)(C)C)c(Cl)cn1. The Balaban J connectivity index is 2.65. The van der Waals surface area contributed by atoms with Gasteiger partial charge < -0.3 is 14.8 Å². The maximum Gasteiger partial charge on any atom is 0.213 e. The molecule has 114 valence electrons. The lowest BCUT2D eigenvalue weighted by Gasteiger charge is -2.21. The molecule has 0 amide bonds. The van der Waals surface area contributed by atoms with Crippen LogP contribution in [0.25, 0.3) is 0 Å². The Kier molecular flexibility index (Phi) is 6.72. The van der Waals surface area contributed by atoms with Crippen LogP contribution in [0.2, 0.25) is 5.02 Å². The molecule has 0 radical (unpaired) electrons. The van der Waals surface area contributed by atoms with Crippen LogP contribution in [0.15, 0.2) is 12.3 Å². The average molecular weight is 301 g/mol. The van der Waals surface area contributed by atoms with E-state index in [0.29, 0.717) is 30.7 Å². The zero-order valence-electron chi connectivity index (χ0n) is 13.0. The van der Waals surface area contributed by atoms with Gasteiger partial charge in [-0.05, 0) is 40.2 Å². The molecular formula is C15H25ClN2O2. The maximum absolute atomic E-state index is 6.16. The number of hydrogen-bond acceptors (Lipinski definition) is 4. The zero-order valence-corrected chi connectivity index (χ0v) is 13.8. The third kappa shape index (κ3) is 6.55. The van der Waals surface area contributed by atoms with E-state index in [9.17, 15) is 0 Å². The second-order valence-electron chi connectivity index (χ2n) is 5.81. The van der Waals surface area contributed by atoms with Crippen molar-refractivity contribution in [2.75, 3.05) is 13.2 Å². The Morgan fingerprint density at radius 1 is 1.40 bits per heavy atom. The topological polar surface area (TPSA) is 43.4 Å². The minimum atomic E-state index is -0.0351. The second kappa shape index (κ2) is 7.81. The Hall–Kier alpha value is -0.840. The van der Waals surface area contributed by atoms with Crippen LogP contribution in [-0.4, -0.2) is 29.8 Å². The summed E-state index contributed by atoms with van der Waals surface area (Å²) >= 11 is 6.16. The molecule has 5 heteroatoms. The van der Waals surface area contributed by atoms with E-state index < -0.39 is 0 Å². The molecule has 0 aliphatic heterocycles. The lowest BCUT2D eigenvalue weighted by Crippen LogP contribution is -2.35. The highest BCUT2D eigenvalue weighted by atomic mass is 35.5. The van der Waals surface area contributed by atoms with E-state index >= 15 is 0 Å². The normalized spacial score (nSPS) is 13.3. The monoisotopic (exact) mass is 300 g/mol. The van der Waals surface area contributed by atoms with Gasteiger partial charge in [-0.3, -0.25) is 0 Å². The summed E-state index contributed by atoms with van der Waals surface area (Å²) in [7, 11) is 0. The number of halogens is 1. The lowest BCUT2D eigenvalue weighted by atomic mass is 10.1. The first-order chi connectivity index (χ1) is 9.31. The van der Waals surface area contributed by atoms with Gasteiger partial charge in [0.2, 0.25) is 5.88 Å². The largest absolute Gasteiger partial charge is 0.472 e. The highest BCUT2D eigenvalue weighted by Crippen LogP contribution is 2.20. The van der Waals surface area contributed by atoms with Crippen LogP contribution < -0.4 is 10.1 Å². The summed E-state index contributed by atoms with van der Waals surface area (Å²) in [6, 6.07) is 1.88. The first kappa shape index (κ1) is 17.2. The molecule has 20 heavy (non-hydrogen) atoms. The van der Waals surface area contributed by atoms with E-state index in [-0.39, 0.29) is 11.6 Å². The van der Waals surface area contributed by atoms with Crippen molar-refractivity contribution in [2.24, 2.45) is 0 Å². The van der Waals surface area contributed by atoms with Gasteiger partial charge in [-0.15, -0.1) is 0 Å². The van der Waals surface area contributed by atoms with Gasteiger partial charge in [0, 0.05) is 31.0 Å². The number of rotatable bonds is 7.